The van der Waals surface area contributed by atoms with E-state index in [1.807, 2.05) is 38.1 Å². The van der Waals surface area contributed by atoms with E-state index in [1.54, 1.807) is 0 Å². The van der Waals surface area contributed by atoms with E-state index in [0.29, 0.717) is 5.75 Å². The van der Waals surface area contributed by atoms with Gasteiger partial charge in [-0.05, 0) is 36.6 Å². The highest BCUT2D eigenvalue weighted by atomic mass is 16.5. The molecule has 0 radical (unpaired) electrons. The molecular weight excluding hydrogens is 278 g/mol. The smallest absolute Gasteiger partial charge is 0.119 e. The molecule has 1 aromatic rings. The molecule has 3 N–H and O–H groups in total. The molecule has 0 saturated carbocycles. The second kappa shape index (κ2) is 10.5. The number of hydrogen-bond donors (Lipinski definition) is 2. The Morgan fingerprint density at radius 1 is 1.00 bits per heavy atom. The Morgan fingerprint density at radius 3 is 2.14 bits per heavy atom. The van der Waals surface area contributed by atoms with Gasteiger partial charge >= 0.3 is 0 Å². The van der Waals surface area contributed by atoms with Gasteiger partial charge in [-0.2, -0.15) is 0 Å². The van der Waals surface area contributed by atoms with Crippen molar-refractivity contribution >= 4 is 0 Å². The summed E-state index contributed by atoms with van der Waals surface area (Å²) in [5.74, 6) is 1.79. The lowest BCUT2D eigenvalue weighted by molar-refractivity contribution is 0.0715. The molecule has 0 aromatic heterocycles. The van der Waals surface area contributed by atoms with Crippen molar-refractivity contribution in [3.63, 3.8) is 0 Å². The molecule has 0 amide bonds. The zero-order chi connectivity index (χ0) is 16.4. The van der Waals surface area contributed by atoms with Crippen LogP contribution in [0.25, 0.3) is 0 Å². The van der Waals surface area contributed by atoms with Gasteiger partial charge in [0.1, 0.15) is 24.2 Å². The maximum atomic E-state index is 9.92. The fourth-order valence-corrected chi connectivity index (χ4v) is 2.09. The SMILES string of the molecule is CCCCCCOc1ccc(OCC(O)C(N)C(C)C)cc1. The molecule has 0 aliphatic heterocycles. The van der Waals surface area contributed by atoms with E-state index < -0.39 is 6.10 Å². The molecule has 1 aromatic carbocycles. The molecule has 2 atom stereocenters. The Labute approximate surface area is 134 Å². The summed E-state index contributed by atoms with van der Waals surface area (Å²) in [6, 6.07) is 7.23. The van der Waals surface area contributed by atoms with Crippen LogP contribution in [0.3, 0.4) is 0 Å². The molecule has 0 heterocycles. The third kappa shape index (κ3) is 7.14. The van der Waals surface area contributed by atoms with Gasteiger partial charge in [-0.1, -0.05) is 40.0 Å². The summed E-state index contributed by atoms with van der Waals surface area (Å²) in [6.45, 7) is 7.13. The summed E-state index contributed by atoms with van der Waals surface area (Å²) >= 11 is 0. The molecule has 0 spiro atoms. The van der Waals surface area contributed by atoms with Crippen molar-refractivity contribution in [2.45, 2.75) is 58.6 Å². The molecule has 2 unspecified atom stereocenters. The number of hydrogen-bond acceptors (Lipinski definition) is 4. The Bertz CT molecular complexity index is 392. The lowest BCUT2D eigenvalue weighted by Crippen LogP contribution is -2.42. The zero-order valence-corrected chi connectivity index (χ0v) is 14.1. The van der Waals surface area contributed by atoms with E-state index in [4.69, 9.17) is 15.2 Å². The number of rotatable bonds is 11. The monoisotopic (exact) mass is 309 g/mol. The molecule has 0 fully saturated rings. The molecule has 126 valence electrons. The van der Waals surface area contributed by atoms with Crippen LogP contribution in [0.1, 0.15) is 46.5 Å². The highest BCUT2D eigenvalue weighted by Gasteiger charge is 2.18. The lowest BCUT2D eigenvalue weighted by atomic mass is 10.0. The number of aliphatic hydroxyl groups is 1. The summed E-state index contributed by atoms with van der Waals surface area (Å²) in [6.07, 6.45) is 4.14. The molecule has 4 heteroatoms. The molecule has 4 nitrogen and oxygen atoms in total. The molecule has 0 saturated heterocycles. The first kappa shape index (κ1) is 18.8. The highest BCUT2D eigenvalue weighted by molar-refractivity contribution is 5.31. The molecule has 0 aliphatic carbocycles. The van der Waals surface area contributed by atoms with Crippen molar-refractivity contribution in [2.75, 3.05) is 13.2 Å². The Kier molecular flexibility index (Phi) is 8.94. The van der Waals surface area contributed by atoms with Crippen LogP contribution in [-0.2, 0) is 0 Å². The predicted octanol–water partition coefficient (Wildman–Crippen LogP) is 3.37. The minimum atomic E-state index is -0.658. The summed E-state index contributed by atoms with van der Waals surface area (Å²) in [4.78, 5) is 0. The third-order valence-electron chi connectivity index (χ3n) is 3.73. The molecule has 1 rings (SSSR count). The summed E-state index contributed by atoms with van der Waals surface area (Å²) in [7, 11) is 0. The fraction of sp³-hybridized carbons (Fsp3) is 0.667. The Hall–Kier alpha value is -1.26. The van der Waals surface area contributed by atoms with Crippen LogP contribution in [0, 0.1) is 5.92 Å². The predicted molar refractivity (Wildman–Crippen MR) is 90.4 cm³/mol. The first-order valence-electron chi connectivity index (χ1n) is 8.34. The van der Waals surface area contributed by atoms with E-state index >= 15 is 0 Å². The quantitative estimate of drug-likeness (QED) is 0.615. The minimum absolute atomic E-state index is 0.205. The highest BCUT2D eigenvalue weighted by Crippen LogP contribution is 2.18. The van der Waals surface area contributed by atoms with Crippen molar-refractivity contribution in [3.8, 4) is 11.5 Å². The van der Waals surface area contributed by atoms with E-state index in [-0.39, 0.29) is 18.6 Å². The molecular formula is C18H31NO3. The van der Waals surface area contributed by atoms with Crippen LogP contribution < -0.4 is 15.2 Å². The van der Waals surface area contributed by atoms with E-state index in [1.165, 1.54) is 19.3 Å². The molecule has 0 aliphatic rings. The molecule has 22 heavy (non-hydrogen) atoms. The topological polar surface area (TPSA) is 64.7 Å². The van der Waals surface area contributed by atoms with Crippen molar-refractivity contribution in [3.05, 3.63) is 24.3 Å². The second-order valence-corrected chi connectivity index (χ2v) is 6.08. The van der Waals surface area contributed by atoms with E-state index in [0.717, 1.165) is 18.8 Å². The van der Waals surface area contributed by atoms with Crippen LogP contribution in [-0.4, -0.2) is 30.5 Å². The Morgan fingerprint density at radius 2 is 1.59 bits per heavy atom. The van der Waals surface area contributed by atoms with Gasteiger partial charge in [-0.3, -0.25) is 0 Å². The Balaban J connectivity index is 2.29. The normalized spacial score (nSPS) is 13.9. The van der Waals surface area contributed by atoms with E-state index in [9.17, 15) is 5.11 Å². The van der Waals surface area contributed by atoms with Crippen LogP contribution in [0.5, 0.6) is 11.5 Å². The standard InChI is InChI=1S/C18H31NO3/c1-4-5-6-7-12-21-15-8-10-16(11-9-15)22-13-17(20)18(19)14(2)3/h8-11,14,17-18,20H,4-7,12-13,19H2,1-3H3. The fourth-order valence-electron chi connectivity index (χ4n) is 2.09. The summed E-state index contributed by atoms with van der Waals surface area (Å²) in [5, 5.41) is 9.92. The van der Waals surface area contributed by atoms with E-state index in [2.05, 4.69) is 6.92 Å². The van der Waals surface area contributed by atoms with Gasteiger partial charge in [-0.15, -0.1) is 0 Å². The van der Waals surface area contributed by atoms with Crippen LogP contribution >= 0.6 is 0 Å². The third-order valence-corrected chi connectivity index (χ3v) is 3.73. The first-order chi connectivity index (χ1) is 10.5. The largest absolute Gasteiger partial charge is 0.494 e. The summed E-state index contributed by atoms with van der Waals surface area (Å²) < 4.78 is 11.2. The van der Waals surface area contributed by atoms with Gasteiger partial charge in [-0.25, -0.2) is 0 Å². The first-order valence-corrected chi connectivity index (χ1v) is 8.34. The average Bonchev–Trinajstić information content (AvgIpc) is 2.52. The average molecular weight is 309 g/mol. The van der Waals surface area contributed by atoms with Crippen LogP contribution in [0.4, 0.5) is 0 Å². The van der Waals surface area contributed by atoms with Gasteiger partial charge in [0.15, 0.2) is 0 Å². The number of benzene rings is 1. The number of nitrogens with two attached hydrogens (primary N) is 1. The van der Waals surface area contributed by atoms with Gasteiger partial charge < -0.3 is 20.3 Å². The van der Waals surface area contributed by atoms with Gasteiger partial charge in [0.2, 0.25) is 0 Å². The lowest BCUT2D eigenvalue weighted by Gasteiger charge is -2.22. The maximum Gasteiger partial charge on any atom is 0.119 e. The number of ether oxygens (including phenoxy) is 2. The maximum absolute atomic E-state index is 9.92. The molecule has 0 bridgehead atoms. The second-order valence-electron chi connectivity index (χ2n) is 6.08. The van der Waals surface area contributed by atoms with Crippen molar-refractivity contribution in [2.24, 2.45) is 11.7 Å². The summed E-state index contributed by atoms with van der Waals surface area (Å²) in [5.41, 5.74) is 5.89. The number of aliphatic hydroxyl groups excluding tert-OH is 1. The number of unbranched alkanes of at least 4 members (excludes halogenated alkanes) is 3. The van der Waals surface area contributed by atoms with Crippen LogP contribution in [0.15, 0.2) is 24.3 Å². The zero-order valence-electron chi connectivity index (χ0n) is 14.1. The van der Waals surface area contributed by atoms with Gasteiger partial charge in [0.05, 0.1) is 6.61 Å². The minimum Gasteiger partial charge on any atom is -0.494 e. The van der Waals surface area contributed by atoms with Gasteiger partial charge in [0.25, 0.3) is 0 Å². The van der Waals surface area contributed by atoms with Crippen molar-refractivity contribution in [1.82, 2.24) is 0 Å². The van der Waals surface area contributed by atoms with Crippen molar-refractivity contribution in [1.29, 1.82) is 0 Å². The van der Waals surface area contributed by atoms with Crippen LogP contribution in [0.2, 0.25) is 0 Å². The van der Waals surface area contributed by atoms with Crippen molar-refractivity contribution < 1.29 is 14.6 Å². The van der Waals surface area contributed by atoms with Gasteiger partial charge in [0, 0.05) is 6.04 Å².